The molecule has 0 spiro atoms. The normalized spacial score (nSPS) is 10.7. The maximum absolute atomic E-state index is 12.1. The molecule has 0 fully saturated rings. The third kappa shape index (κ3) is 2.21. The molecule has 3 rings (SSSR count). The van der Waals surface area contributed by atoms with E-state index in [1.54, 1.807) is 35.0 Å². The summed E-state index contributed by atoms with van der Waals surface area (Å²) in [6.07, 6.45) is 1.77. The highest BCUT2D eigenvalue weighted by Gasteiger charge is 2.12. The van der Waals surface area contributed by atoms with Crippen LogP contribution in [0.4, 0.5) is 5.69 Å². The number of carbonyl (C=O) groups is 1. The first-order valence-corrected chi connectivity index (χ1v) is 6.19. The van der Waals surface area contributed by atoms with E-state index >= 15 is 0 Å². The third-order valence-corrected chi connectivity index (χ3v) is 3.00. The van der Waals surface area contributed by atoms with E-state index in [0.29, 0.717) is 11.4 Å². The number of nitrogens with zero attached hydrogens (tertiary/aromatic N) is 2. The number of rotatable bonds is 2. The van der Waals surface area contributed by atoms with E-state index in [-0.39, 0.29) is 11.7 Å². The van der Waals surface area contributed by atoms with Gasteiger partial charge in [0.15, 0.2) is 5.69 Å². The van der Waals surface area contributed by atoms with Crippen molar-refractivity contribution in [2.24, 2.45) is 0 Å². The van der Waals surface area contributed by atoms with E-state index < -0.39 is 0 Å². The van der Waals surface area contributed by atoms with Crippen molar-refractivity contribution in [1.29, 1.82) is 0 Å². The second kappa shape index (κ2) is 4.70. The lowest BCUT2D eigenvalue weighted by atomic mass is 10.2. The first-order valence-electron chi connectivity index (χ1n) is 6.19. The number of phenolic OH excluding ortho intramolecular Hbond substituents is 1. The summed E-state index contributed by atoms with van der Waals surface area (Å²) in [4.78, 5) is 12.1. The van der Waals surface area contributed by atoms with Crippen LogP contribution < -0.4 is 5.32 Å². The number of amides is 1. The SMILES string of the molecule is Cc1ccc(O)c(NC(=O)c2cc3ccccn3n2)c1. The summed E-state index contributed by atoms with van der Waals surface area (Å²) in [7, 11) is 0. The van der Waals surface area contributed by atoms with Gasteiger partial charge in [-0.05, 0) is 42.8 Å². The molecular formula is C15H13N3O2. The minimum absolute atomic E-state index is 0.0349. The molecule has 2 aromatic heterocycles. The van der Waals surface area contributed by atoms with Gasteiger partial charge in [0, 0.05) is 6.20 Å². The Morgan fingerprint density at radius 3 is 2.90 bits per heavy atom. The lowest BCUT2D eigenvalue weighted by molar-refractivity contribution is 0.102. The minimum atomic E-state index is -0.352. The molecule has 100 valence electrons. The molecule has 2 N–H and O–H groups in total. The molecule has 0 radical (unpaired) electrons. The van der Waals surface area contributed by atoms with E-state index in [4.69, 9.17) is 0 Å². The van der Waals surface area contributed by atoms with Gasteiger partial charge in [0.05, 0.1) is 11.2 Å². The lowest BCUT2D eigenvalue weighted by Crippen LogP contribution is -2.12. The van der Waals surface area contributed by atoms with Crippen LogP contribution in [0.25, 0.3) is 5.52 Å². The lowest BCUT2D eigenvalue weighted by Gasteiger charge is -2.06. The smallest absolute Gasteiger partial charge is 0.276 e. The van der Waals surface area contributed by atoms with Crippen LogP contribution in [0.15, 0.2) is 48.7 Å². The van der Waals surface area contributed by atoms with Crippen molar-refractivity contribution in [3.8, 4) is 5.75 Å². The monoisotopic (exact) mass is 267 g/mol. The van der Waals surface area contributed by atoms with Crippen LogP contribution in [0.5, 0.6) is 5.75 Å². The Morgan fingerprint density at radius 1 is 1.25 bits per heavy atom. The molecule has 0 atom stereocenters. The van der Waals surface area contributed by atoms with Gasteiger partial charge in [0.25, 0.3) is 5.91 Å². The number of hydrogen-bond donors (Lipinski definition) is 2. The zero-order chi connectivity index (χ0) is 14.1. The second-order valence-corrected chi connectivity index (χ2v) is 4.57. The van der Waals surface area contributed by atoms with Gasteiger partial charge in [-0.2, -0.15) is 5.10 Å². The highest BCUT2D eigenvalue weighted by molar-refractivity contribution is 6.04. The maximum atomic E-state index is 12.1. The molecule has 1 amide bonds. The summed E-state index contributed by atoms with van der Waals surface area (Å²) in [6.45, 7) is 1.89. The summed E-state index contributed by atoms with van der Waals surface area (Å²) in [5.74, 6) is -0.317. The van der Waals surface area contributed by atoms with Crippen LogP contribution in [0.1, 0.15) is 16.1 Å². The number of nitrogens with one attached hydrogen (secondary N) is 1. The molecule has 1 aromatic carbocycles. The topological polar surface area (TPSA) is 66.6 Å². The van der Waals surface area contributed by atoms with Gasteiger partial charge in [-0.15, -0.1) is 0 Å². The van der Waals surface area contributed by atoms with Crippen molar-refractivity contribution < 1.29 is 9.90 Å². The molecular weight excluding hydrogens is 254 g/mol. The Kier molecular flexibility index (Phi) is 2.87. The van der Waals surface area contributed by atoms with Gasteiger partial charge in [0.2, 0.25) is 0 Å². The minimum Gasteiger partial charge on any atom is -0.506 e. The number of pyridine rings is 1. The quantitative estimate of drug-likeness (QED) is 0.701. The molecule has 0 saturated carbocycles. The highest BCUT2D eigenvalue weighted by atomic mass is 16.3. The van der Waals surface area contributed by atoms with Gasteiger partial charge in [0.1, 0.15) is 5.75 Å². The van der Waals surface area contributed by atoms with E-state index in [2.05, 4.69) is 10.4 Å². The van der Waals surface area contributed by atoms with E-state index in [0.717, 1.165) is 11.1 Å². The van der Waals surface area contributed by atoms with Crippen LogP contribution in [-0.2, 0) is 0 Å². The van der Waals surface area contributed by atoms with Gasteiger partial charge in [-0.3, -0.25) is 4.79 Å². The molecule has 5 nitrogen and oxygen atoms in total. The van der Waals surface area contributed by atoms with Gasteiger partial charge in [-0.1, -0.05) is 12.1 Å². The van der Waals surface area contributed by atoms with Crippen molar-refractivity contribution in [3.63, 3.8) is 0 Å². The van der Waals surface area contributed by atoms with Crippen molar-refractivity contribution in [2.75, 3.05) is 5.32 Å². The molecule has 2 heterocycles. The van der Waals surface area contributed by atoms with Crippen molar-refractivity contribution in [2.45, 2.75) is 6.92 Å². The first-order chi connectivity index (χ1) is 9.63. The third-order valence-electron chi connectivity index (χ3n) is 3.00. The first kappa shape index (κ1) is 12.2. The number of hydrogen-bond acceptors (Lipinski definition) is 3. The molecule has 5 heteroatoms. The van der Waals surface area contributed by atoms with Crippen molar-refractivity contribution in [1.82, 2.24) is 9.61 Å². The van der Waals surface area contributed by atoms with E-state index in [1.807, 2.05) is 25.1 Å². The largest absolute Gasteiger partial charge is 0.506 e. The van der Waals surface area contributed by atoms with Crippen LogP contribution in [0, 0.1) is 6.92 Å². The molecule has 0 aliphatic heterocycles. The van der Waals surface area contributed by atoms with Gasteiger partial charge in [-0.25, -0.2) is 4.52 Å². The molecule has 20 heavy (non-hydrogen) atoms. The summed E-state index contributed by atoms with van der Waals surface area (Å²) in [5, 5.41) is 16.6. The van der Waals surface area contributed by atoms with E-state index in [9.17, 15) is 9.90 Å². The molecule has 0 aliphatic carbocycles. The predicted octanol–water partition coefficient (Wildman–Crippen LogP) is 2.60. The average molecular weight is 267 g/mol. The fraction of sp³-hybridized carbons (Fsp3) is 0.0667. The summed E-state index contributed by atoms with van der Waals surface area (Å²) in [6, 6.07) is 12.3. The Morgan fingerprint density at radius 2 is 2.10 bits per heavy atom. The zero-order valence-electron chi connectivity index (χ0n) is 10.9. The Bertz CT molecular complexity index is 760. The molecule has 0 saturated heterocycles. The average Bonchev–Trinajstić information content (AvgIpc) is 2.87. The number of fused-ring (bicyclic) bond motifs is 1. The highest BCUT2D eigenvalue weighted by Crippen LogP contribution is 2.24. The molecule has 0 unspecified atom stereocenters. The Labute approximate surface area is 115 Å². The number of carbonyl (C=O) groups excluding carboxylic acids is 1. The summed E-state index contributed by atoms with van der Waals surface area (Å²) in [5.41, 5.74) is 2.48. The fourth-order valence-electron chi connectivity index (χ4n) is 1.99. The summed E-state index contributed by atoms with van der Waals surface area (Å²) >= 11 is 0. The standard InChI is InChI=1S/C15H13N3O2/c1-10-5-6-14(19)12(8-10)16-15(20)13-9-11-4-2-3-7-18(11)17-13/h2-9,19H,1H3,(H,16,20). The molecule has 3 aromatic rings. The van der Waals surface area contributed by atoms with Gasteiger partial charge >= 0.3 is 0 Å². The van der Waals surface area contributed by atoms with Gasteiger partial charge < -0.3 is 10.4 Å². The number of aryl methyl sites for hydroxylation is 1. The van der Waals surface area contributed by atoms with Crippen molar-refractivity contribution in [3.05, 3.63) is 59.9 Å². The Hall–Kier alpha value is -2.82. The zero-order valence-corrected chi connectivity index (χ0v) is 10.9. The van der Waals surface area contributed by atoms with Crippen LogP contribution >= 0.6 is 0 Å². The number of benzene rings is 1. The number of aromatic nitrogens is 2. The maximum Gasteiger partial charge on any atom is 0.276 e. The van der Waals surface area contributed by atoms with Crippen LogP contribution in [0.2, 0.25) is 0 Å². The Balaban J connectivity index is 1.90. The molecule has 0 bridgehead atoms. The number of phenols is 1. The fourth-order valence-corrected chi connectivity index (χ4v) is 1.99. The van der Waals surface area contributed by atoms with E-state index in [1.165, 1.54) is 0 Å². The van der Waals surface area contributed by atoms with Crippen LogP contribution in [0.3, 0.4) is 0 Å². The summed E-state index contributed by atoms with van der Waals surface area (Å²) < 4.78 is 1.63. The van der Waals surface area contributed by atoms with Crippen LogP contribution in [-0.4, -0.2) is 20.6 Å². The number of anilines is 1. The van der Waals surface area contributed by atoms with Crippen molar-refractivity contribution >= 4 is 17.1 Å². The number of aromatic hydroxyl groups is 1. The second-order valence-electron chi connectivity index (χ2n) is 4.57. The molecule has 0 aliphatic rings. The predicted molar refractivity (Wildman–Crippen MR) is 76.0 cm³/mol.